The van der Waals surface area contributed by atoms with Crippen LogP contribution in [0.1, 0.15) is 18.5 Å². The van der Waals surface area contributed by atoms with Crippen molar-refractivity contribution in [1.82, 2.24) is 20.0 Å². The van der Waals surface area contributed by atoms with Crippen LogP contribution in [0.25, 0.3) is 11.5 Å². The molecule has 3 rings (SSSR count). The summed E-state index contributed by atoms with van der Waals surface area (Å²) < 4.78 is 10.6. The van der Waals surface area contributed by atoms with Gasteiger partial charge in [-0.05, 0) is 22.8 Å². The first-order valence-corrected chi connectivity index (χ1v) is 5.90. The molecule has 0 bridgehead atoms. The Morgan fingerprint density at radius 2 is 1.95 bits per heavy atom. The van der Waals surface area contributed by atoms with Crippen LogP contribution in [0, 0.1) is 0 Å². The molecule has 3 aromatic rings. The predicted molar refractivity (Wildman–Crippen MR) is 68.7 cm³/mol. The van der Waals surface area contributed by atoms with Gasteiger partial charge in [0.05, 0.1) is 6.04 Å². The number of anilines is 1. The second kappa shape index (κ2) is 4.65. The molecule has 0 saturated carbocycles. The first kappa shape index (κ1) is 12.2. The normalized spacial score (nSPS) is 12.4. The molecule has 1 unspecified atom stereocenters. The molecule has 8 nitrogen and oxygen atoms in total. The number of nitrogen functional groups attached to an aromatic ring is 1. The highest BCUT2D eigenvalue weighted by atomic mass is 16.6. The van der Waals surface area contributed by atoms with Crippen LogP contribution in [0.2, 0.25) is 0 Å². The van der Waals surface area contributed by atoms with Gasteiger partial charge in [-0.2, -0.15) is 0 Å². The molecule has 0 aliphatic carbocycles. The van der Waals surface area contributed by atoms with Gasteiger partial charge in [-0.1, -0.05) is 35.5 Å². The number of rotatable bonds is 3. The molecule has 2 heterocycles. The fourth-order valence-electron chi connectivity index (χ4n) is 1.99. The van der Waals surface area contributed by atoms with Crippen LogP contribution in [0.3, 0.4) is 0 Å². The zero-order valence-corrected chi connectivity index (χ0v) is 10.6. The second-order valence-electron chi connectivity index (χ2n) is 4.23. The summed E-state index contributed by atoms with van der Waals surface area (Å²) in [7, 11) is 0. The lowest BCUT2D eigenvalue weighted by Gasteiger charge is -2.12. The van der Waals surface area contributed by atoms with Gasteiger partial charge < -0.3 is 5.73 Å². The molecule has 0 fully saturated rings. The van der Waals surface area contributed by atoms with Gasteiger partial charge in [-0.15, -0.1) is 0 Å². The summed E-state index contributed by atoms with van der Waals surface area (Å²) in [5.41, 5.74) is 6.73. The zero-order chi connectivity index (χ0) is 14.1. The van der Waals surface area contributed by atoms with Gasteiger partial charge in [-0.3, -0.25) is 4.52 Å². The molecule has 0 amide bonds. The SMILES string of the molecule is CC(c1ccccc1)n1c(-c2nonc2N)noc1=O. The van der Waals surface area contributed by atoms with Crippen molar-refractivity contribution in [2.45, 2.75) is 13.0 Å². The Balaban J connectivity index is 2.13. The van der Waals surface area contributed by atoms with E-state index in [-0.39, 0.29) is 23.4 Å². The van der Waals surface area contributed by atoms with Gasteiger partial charge in [0.2, 0.25) is 5.82 Å². The number of hydrogen-bond donors (Lipinski definition) is 1. The summed E-state index contributed by atoms with van der Waals surface area (Å²) in [6.45, 7) is 1.85. The molecule has 0 radical (unpaired) electrons. The van der Waals surface area contributed by atoms with E-state index in [0.717, 1.165) is 5.56 Å². The molecule has 1 atom stereocenters. The van der Waals surface area contributed by atoms with Gasteiger partial charge >= 0.3 is 5.76 Å². The lowest BCUT2D eigenvalue weighted by Crippen LogP contribution is -2.20. The number of nitrogens with zero attached hydrogens (tertiary/aromatic N) is 4. The first-order chi connectivity index (χ1) is 9.68. The van der Waals surface area contributed by atoms with E-state index < -0.39 is 5.76 Å². The average Bonchev–Trinajstić information content (AvgIpc) is 3.05. The Morgan fingerprint density at radius 1 is 1.20 bits per heavy atom. The third kappa shape index (κ3) is 1.87. The quantitative estimate of drug-likeness (QED) is 0.759. The minimum atomic E-state index is -0.598. The minimum absolute atomic E-state index is 0.0484. The van der Waals surface area contributed by atoms with Crippen molar-refractivity contribution in [2.24, 2.45) is 0 Å². The maximum absolute atomic E-state index is 11.9. The summed E-state index contributed by atoms with van der Waals surface area (Å²) in [4.78, 5) is 11.9. The minimum Gasteiger partial charge on any atom is -0.379 e. The van der Waals surface area contributed by atoms with Gasteiger partial charge in [0, 0.05) is 0 Å². The number of nitrogens with two attached hydrogens (primary N) is 1. The molecular formula is C12H11N5O3. The van der Waals surface area contributed by atoms with Crippen molar-refractivity contribution in [3.05, 3.63) is 46.4 Å². The van der Waals surface area contributed by atoms with Crippen LogP contribution in [0.15, 0.2) is 44.3 Å². The van der Waals surface area contributed by atoms with Crippen molar-refractivity contribution in [3.63, 3.8) is 0 Å². The Kier molecular flexibility index (Phi) is 2.82. The third-order valence-electron chi connectivity index (χ3n) is 3.03. The summed E-state index contributed by atoms with van der Waals surface area (Å²) >= 11 is 0. The van der Waals surface area contributed by atoms with Crippen LogP contribution >= 0.6 is 0 Å². The number of hydrogen-bond acceptors (Lipinski definition) is 7. The van der Waals surface area contributed by atoms with Crippen LogP contribution in [0.5, 0.6) is 0 Å². The molecule has 2 N–H and O–H groups in total. The predicted octanol–water partition coefficient (Wildman–Crippen LogP) is 1.08. The van der Waals surface area contributed by atoms with Crippen molar-refractivity contribution in [1.29, 1.82) is 0 Å². The lowest BCUT2D eigenvalue weighted by molar-refractivity contribution is 0.309. The monoisotopic (exact) mass is 273 g/mol. The second-order valence-corrected chi connectivity index (χ2v) is 4.23. The molecule has 0 saturated heterocycles. The Bertz CT molecular complexity index is 774. The fraction of sp³-hybridized carbons (Fsp3) is 0.167. The van der Waals surface area contributed by atoms with Crippen molar-refractivity contribution in [3.8, 4) is 11.5 Å². The smallest absolute Gasteiger partial charge is 0.379 e. The lowest BCUT2D eigenvalue weighted by atomic mass is 10.1. The average molecular weight is 273 g/mol. The van der Waals surface area contributed by atoms with E-state index in [4.69, 9.17) is 10.3 Å². The Labute approximate surface area is 112 Å². The summed E-state index contributed by atoms with van der Waals surface area (Å²) in [5.74, 6) is -0.365. The van der Waals surface area contributed by atoms with E-state index in [0.29, 0.717) is 0 Å². The summed E-state index contributed by atoms with van der Waals surface area (Å²) in [6.07, 6.45) is 0. The molecule has 20 heavy (non-hydrogen) atoms. The highest BCUT2D eigenvalue weighted by Gasteiger charge is 2.23. The first-order valence-electron chi connectivity index (χ1n) is 5.90. The van der Waals surface area contributed by atoms with E-state index in [9.17, 15) is 4.79 Å². The molecule has 2 aromatic heterocycles. The van der Waals surface area contributed by atoms with Crippen LogP contribution in [-0.2, 0) is 0 Å². The van der Waals surface area contributed by atoms with Crippen LogP contribution < -0.4 is 11.5 Å². The fourth-order valence-corrected chi connectivity index (χ4v) is 1.99. The largest absolute Gasteiger partial charge is 0.442 e. The highest BCUT2D eigenvalue weighted by molar-refractivity contribution is 5.62. The van der Waals surface area contributed by atoms with E-state index >= 15 is 0 Å². The molecule has 8 heteroatoms. The standard InChI is InChI=1S/C12H11N5O3/c1-7(8-5-3-2-4-6-8)17-11(16-19-12(17)18)9-10(13)15-20-14-9/h2-7H,1H3,(H2,13,15). The molecule has 102 valence electrons. The van der Waals surface area contributed by atoms with Gasteiger partial charge in [0.1, 0.15) is 0 Å². The van der Waals surface area contributed by atoms with E-state index in [1.165, 1.54) is 4.57 Å². The Hall–Kier alpha value is -2.90. The van der Waals surface area contributed by atoms with Crippen LogP contribution in [-0.4, -0.2) is 20.0 Å². The number of benzene rings is 1. The molecule has 0 spiro atoms. The zero-order valence-electron chi connectivity index (χ0n) is 10.6. The van der Waals surface area contributed by atoms with Crippen LogP contribution in [0.4, 0.5) is 5.82 Å². The van der Waals surface area contributed by atoms with E-state index in [2.05, 4.69) is 20.1 Å². The van der Waals surface area contributed by atoms with Crippen molar-refractivity contribution in [2.75, 3.05) is 5.73 Å². The topological polar surface area (TPSA) is 113 Å². The summed E-state index contributed by atoms with van der Waals surface area (Å²) in [6, 6.07) is 9.18. The third-order valence-corrected chi connectivity index (χ3v) is 3.03. The molecular weight excluding hydrogens is 262 g/mol. The molecule has 0 aliphatic heterocycles. The maximum atomic E-state index is 11.9. The van der Waals surface area contributed by atoms with E-state index in [1.807, 2.05) is 37.3 Å². The number of aromatic nitrogens is 4. The van der Waals surface area contributed by atoms with Gasteiger partial charge in [0.15, 0.2) is 11.5 Å². The van der Waals surface area contributed by atoms with E-state index in [1.54, 1.807) is 0 Å². The molecule has 0 aliphatic rings. The van der Waals surface area contributed by atoms with Gasteiger partial charge in [-0.25, -0.2) is 14.0 Å². The maximum Gasteiger partial charge on any atom is 0.442 e. The van der Waals surface area contributed by atoms with Crippen molar-refractivity contribution < 1.29 is 9.15 Å². The Morgan fingerprint density at radius 3 is 2.60 bits per heavy atom. The molecule has 1 aromatic carbocycles. The van der Waals surface area contributed by atoms with Gasteiger partial charge in [0.25, 0.3) is 0 Å². The summed E-state index contributed by atoms with van der Waals surface area (Å²) in [5, 5.41) is 10.8. The van der Waals surface area contributed by atoms with Crippen molar-refractivity contribution >= 4 is 5.82 Å². The highest BCUT2D eigenvalue weighted by Crippen LogP contribution is 2.24.